The molecule has 1 aromatic carbocycles. The second-order valence-electron chi connectivity index (χ2n) is 6.93. The van der Waals surface area contributed by atoms with Gasteiger partial charge in [0.1, 0.15) is 11.9 Å². The summed E-state index contributed by atoms with van der Waals surface area (Å²) in [6.07, 6.45) is 2.26. The van der Waals surface area contributed by atoms with E-state index in [-0.39, 0.29) is 35.2 Å². The number of amides is 1. The summed E-state index contributed by atoms with van der Waals surface area (Å²) in [5.41, 5.74) is 0.235. The monoisotopic (exact) mass is 463 g/mol. The van der Waals surface area contributed by atoms with E-state index in [1.807, 2.05) is 0 Å². The van der Waals surface area contributed by atoms with Crippen molar-refractivity contribution < 1.29 is 32.2 Å². The molecule has 1 N–H and O–H groups in total. The van der Waals surface area contributed by atoms with Gasteiger partial charge in [-0.1, -0.05) is 0 Å². The molecular weight excluding hydrogens is 438 g/mol. The third kappa shape index (κ3) is 4.83. The molecule has 11 heteroatoms. The molecular formula is C21H25N3O7S. The van der Waals surface area contributed by atoms with Crippen LogP contribution in [0, 0.1) is 0 Å². The first-order valence-corrected chi connectivity index (χ1v) is 11.4. The van der Waals surface area contributed by atoms with E-state index >= 15 is 0 Å². The van der Waals surface area contributed by atoms with E-state index < -0.39 is 27.9 Å². The molecule has 32 heavy (non-hydrogen) atoms. The van der Waals surface area contributed by atoms with Gasteiger partial charge in [0, 0.05) is 18.8 Å². The Morgan fingerprint density at radius 3 is 2.59 bits per heavy atom. The third-order valence-electron chi connectivity index (χ3n) is 4.99. The van der Waals surface area contributed by atoms with Crippen LogP contribution < -0.4 is 14.8 Å². The van der Waals surface area contributed by atoms with Crippen LogP contribution in [-0.2, 0) is 19.6 Å². The van der Waals surface area contributed by atoms with Crippen LogP contribution in [0.2, 0.25) is 0 Å². The Morgan fingerprint density at radius 2 is 1.91 bits per heavy atom. The van der Waals surface area contributed by atoms with Gasteiger partial charge in [-0.25, -0.2) is 18.2 Å². The van der Waals surface area contributed by atoms with Crippen LogP contribution >= 0.6 is 0 Å². The van der Waals surface area contributed by atoms with Crippen LogP contribution in [0.25, 0.3) is 0 Å². The van der Waals surface area contributed by atoms with Crippen molar-refractivity contribution >= 4 is 27.7 Å². The number of esters is 1. The van der Waals surface area contributed by atoms with Crippen LogP contribution in [-0.4, -0.2) is 63.0 Å². The average molecular weight is 464 g/mol. The molecule has 10 nitrogen and oxygen atoms in total. The number of carbonyl (C=O) groups is 2. The summed E-state index contributed by atoms with van der Waals surface area (Å²) < 4.78 is 43.0. The lowest BCUT2D eigenvalue weighted by atomic mass is 10.2. The molecule has 0 aliphatic carbocycles. The minimum Gasteiger partial charge on any atom is -0.493 e. The van der Waals surface area contributed by atoms with E-state index in [0.29, 0.717) is 18.6 Å². The summed E-state index contributed by atoms with van der Waals surface area (Å²) in [6.45, 7) is 2.11. The van der Waals surface area contributed by atoms with Crippen molar-refractivity contribution in [1.82, 2.24) is 9.29 Å². The molecule has 2 aromatic rings. The first-order chi connectivity index (χ1) is 15.3. The van der Waals surface area contributed by atoms with Crippen LogP contribution in [0.1, 0.15) is 30.1 Å². The highest BCUT2D eigenvalue weighted by molar-refractivity contribution is 7.89. The molecule has 1 atom stereocenters. The Hall–Kier alpha value is -3.18. The molecule has 1 amide bonds. The summed E-state index contributed by atoms with van der Waals surface area (Å²) in [7, 11) is -1.10. The van der Waals surface area contributed by atoms with Gasteiger partial charge in [-0.3, -0.25) is 4.79 Å². The molecule has 1 aliphatic rings. The van der Waals surface area contributed by atoms with E-state index in [4.69, 9.17) is 14.2 Å². The van der Waals surface area contributed by atoms with Gasteiger partial charge in [-0.15, -0.1) is 0 Å². The van der Waals surface area contributed by atoms with Gasteiger partial charge < -0.3 is 19.5 Å². The van der Waals surface area contributed by atoms with Crippen molar-refractivity contribution in [1.29, 1.82) is 0 Å². The first kappa shape index (κ1) is 23.5. The van der Waals surface area contributed by atoms with Gasteiger partial charge >= 0.3 is 5.97 Å². The highest BCUT2D eigenvalue weighted by atomic mass is 32.2. The number of carbonyl (C=O) groups excluding carboxylic acids is 2. The fraction of sp³-hybridized carbons (Fsp3) is 0.381. The van der Waals surface area contributed by atoms with Crippen molar-refractivity contribution in [2.75, 3.05) is 32.7 Å². The highest BCUT2D eigenvalue weighted by Gasteiger charge is 2.40. The van der Waals surface area contributed by atoms with E-state index in [9.17, 15) is 18.0 Å². The Bertz CT molecular complexity index is 1100. The molecule has 0 bridgehead atoms. The number of sulfonamides is 1. The third-order valence-corrected chi connectivity index (χ3v) is 6.89. The minimum atomic E-state index is -3.97. The standard InChI is InChI=1S/C21H25N3O7S/c1-4-31-21(26)14-9-10-22-19(12-14)23-20(25)16-6-5-11-24(16)32(27,28)15-7-8-17(29-2)18(13-15)30-3/h7-10,12-13,16H,4-6,11H2,1-3H3,(H,22,23,25). The molecule has 1 aliphatic heterocycles. The number of hydrogen-bond acceptors (Lipinski definition) is 8. The largest absolute Gasteiger partial charge is 0.493 e. The van der Waals surface area contributed by atoms with Crippen molar-refractivity contribution in [2.24, 2.45) is 0 Å². The van der Waals surface area contributed by atoms with Crippen LogP contribution in [0.4, 0.5) is 5.82 Å². The zero-order valence-electron chi connectivity index (χ0n) is 18.0. The molecule has 1 unspecified atom stereocenters. The SMILES string of the molecule is CCOC(=O)c1ccnc(NC(=O)C2CCCN2S(=O)(=O)c2ccc(OC)c(OC)c2)c1. The fourth-order valence-corrected chi connectivity index (χ4v) is 5.12. The zero-order valence-corrected chi connectivity index (χ0v) is 18.8. The average Bonchev–Trinajstić information content (AvgIpc) is 3.30. The van der Waals surface area contributed by atoms with Gasteiger partial charge in [-0.2, -0.15) is 4.31 Å². The highest BCUT2D eigenvalue weighted by Crippen LogP contribution is 2.33. The number of methoxy groups -OCH3 is 2. The predicted octanol–water partition coefficient (Wildman–Crippen LogP) is 2.07. The normalized spacial score (nSPS) is 16.4. The number of benzene rings is 1. The lowest BCUT2D eigenvalue weighted by Crippen LogP contribution is -2.43. The number of pyridine rings is 1. The van der Waals surface area contributed by atoms with Gasteiger partial charge in [0.2, 0.25) is 15.9 Å². The van der Waals surface area contributed by atoms with Gasteiger partial charge in [-0.05, 0) is 44.0 Å². The molecule has 0 radical (unpaired) electrons. The number of nitrogens with one attached hydrogen (secondary N) is 1. The topological polar surface area (TPSA) is 124 Å². The summed E-state index contributed by atoms with van der Waals surface area (Å²) in [6, 6.07) is 6.22. The summed E-state index contributed by atoms with van der Waals surface area (Å²) >= 11 is 0. The molecule has 172 valence electrons. The maximum Gasteiger partial charge on any atom is 0.338 e. The summed E-state index contributed by atoms with van der Waals surface area (Å²) in [5.74, 6) is -0.261. The van der Waals surface area contributed by atoms with Crippen molar-refractivity contribution in [3.8, 4) is 11.5 Å². The molecule has 1 saturated heterocycles. The van der Waals surface area contributed by atoms with Crippen LogP contribution in [0.15, 0.2) is 41.4 Å². The Morgan fingerprint density at radius 1 is 1.16 bits per heavy atom. The van der Waals surface area contributed by atoms with E-state index in [0.717, 1.165) is 0 Å². The second-order valence-corrected chi connectivity index (χ2v) is 8.82. The van der Waals surface area contributed by atoms with Crippen LogP contribution in [0.3, 0.4) is 0 Å². The molecule has 0 saturated carbocycles. The number of nitrogens with zero attached hydrogens (tertiary/aromatic N) is 2. The van der Waals surface area contributed by atoms with E-state index in [1.165, 1.54) is 55.1 Å². The molecule has 0 spiro atoms. The Labute approximate surface area is 186 Å². The molecule has 1 aromatic heterocycles. The fourth-order valence-electron chi connectivity index (χ4n) is 3.45. The van der Waals surface area contributed by atoms with E-state index in [2.05, 4.69) is 10.3 Å². The molecule has 3 rings (SSSR count). The van der Waals surface area contributed by atoms with E-state index in [1.54, 1.807) is 6.92 Å². The minimum absolute atomic E-state index is 0.00252. The molecule has 2 heterocycles. The van der Waals surface area contributed by atoms with Crippen molar-refractivity contribution in [2.45, 2.75) is 30.7 Å². The number of hydrogen-bond donors (Lipinski definition) is 1. The number of anilines is 1. The maximum absolute atomic E-state index is 13.3. The maximum atomic E-state index is 13.3. The smallest absolute Gasteiger partial charge is 0.338 e. The molecule has 1 fully saturated rings. The number of aromatic nitrogens is 1. The summed E-state index contributed by atoms with van der Waals surface area (Å²) in [4.78, 5) is 28.9. The zero-order chi connectivity index (χ0) is 23.3. The first-order valence-electron chi connectivity index (χ1n) is 9.99. The number of rotatable bonds is 8. The Balaban J connectivity index is 1.81. The number of ether oxygens (including phenoxy) is 3. The van der Waals surface area contributed by atoms with Crippen molar-refractivity contribution in [3.63, 3.8) is 0 Å². The predicted molar refractivity (Wildman–Crippen MR) is 115 cm³/mol. The Kier molecular flexibility index (Phi) is 7.31. The second kappa shape index (κ2) is 9.96. The lowest BCUT2D eigenvalue weighted by Gasteiger charge is -2.23. The van der Waals surface area contributed by atoms with Gasteiger partial charge in [0.15, 0.2) is 11.5 Å². The summed E-state index contributed by atoms with van der Waals surface area (Å²) in [5, 5.41) is 2.61. The van der Waals surface area contributed by atoms with Crippen molar-refractivity contribution in [3.05, 3.63) is 42.1 Å². The lowest BCUT2D eigenvalue weighted by molar-refractivity contribution is -0.119. The van der Waals surface area contributed by atoms with Crippen LogP contribution in [0.5, 0.6) is 11.5 Å². The van der Waals surface area contributed by atoms with Gasteiger partial charge in [0.05, 0.1) is 31.3 Å². The quantitative estimate of drug-likeness (QED) is 0.590. The van der Waals surface area contributed by atoms with Gasteiger partial charge in [0.25, 0.3) is 0 Å².